The summed E-state index contributed by atoms with van der Waals surface area (Å²) in [4.78, 5) is 18.7. The first-order valence-corrected chi connectivity index (χ1v) is 8.05. The molecule has 2 amide bonds. The molecular weight excluding hydrogens is 276 g/mol. The van der Waals surface area contributed by atoms with Crippen LogP contribution in [0.5, 0.6) is 0 Å². The van der Waals surface area contributed by atoms with E-state index in [0.29, 0.717) is 19.0 Å². The largest absolute Gasteiger partial charge is 0.337 e. The third-order valence-electron chi connectivity index (χ3n) is 5.27. The molecule has 0 unspecified atom stereocenters. The van der Waals surface area contributed by atoms with Crippen LogP contribution in [0.1, 0.15) is 37.9 Å². The van der Waals surface area contributed by atoms with Gasteiger partial charge in [-0.15, -0.1) is 0 Å². The van der Waals surface area contributed by atoms with Gasteiger partial charge < -0.3 is 16.0 Å². The van der Waals surface area contributed by atoms with Crippen molar-refractivity contribution in [3.05, 3.63) is 29.6 Å². The smallest absolute Gasteiger partial charge is 0.317 e. The van der Waals surface area contributed by atoms with Crippen LogP contribution in [0, 0.1) is 12.8 Å². The van der Waals surface area contributed by atoms with Crippen LogP contribution in [0.15, 0.2) is 18.3 Å². The van der Waals surface area contributed by atoms with Crippen LogP contribution in [0.3, 0.4) is 0 Å². The molecule has 1 saturated carbocycles. The van der Waals surface area contributed by atoms with Gasteiger partial charge in [0.25, 0.3) is 0 Å². The highest BCUT2D eigenvalue weighted by Gasteiger charge is 2.51. The van der Waals surface area contributed by atoms with Crippen molar-refractivity contribution in [3.63, 3.8) is 0 Å². The van der Waals surface area contributed by atoms with Gasteiger partial charge in [-0.1, -0.05) is 19.9 Å². The molecule has 0 spiro atoms. The Morgan fingerprint density at radius 3 is 2.82 bits per heavy atom. The van der Waals surface area contributed by atoms with Gasteiger partial charge in [0.2, 0.25) is 0 Å². The fourth-order valence-electron chi connectivity index (χ4n) is 3.41. The van der Waals surface area contributed by atoms with Gasteiger partial charge in [0.15, 0.2) is 0 Å². The zero-order chi connectivity index (χ0) is 16.0. The summed E-state index contributed by atoms with van der Waals surface area (Å²) in [5.41, 5.74) is 8.12. The van der Waals surface area contributed by atoms with Gasteiger partial charge in [-0.05, 0) is 37.3 Å². The Kier molecular flexibility index (Phi) is 3.63. The van der Waals surface area contributed by atoms with Gasteiger partial charge >= 0.3 is 6.03 Å². The molecule has 120 valence electrons. The van der Waals surface area contributed by atoms with E-state index in [1.807, 2.05) is 24.1 Å². The first kappa shape index (κ1) is 15.3. The van der Waals surface area contributed by atoms with Crippen LogP contribution >= 0.6 is 0 Å². The van der Waals surface area contributed by atoms with Crippen molar-refractivity contribution in [1.29, 1.82) is 0 Å². The summed E-state index contributed by atoms with van der Waals surface area (Å²) in [5.74, 6) is 0.491. The van der Waals surface area contributed by atoms with Crippen molar-refractivity contribution in [2.24, 2.45) is 11.7 Å². The Morgan fingerprint density at radius 2 is 2.32 bits per heavy atom. The minimum atomic E-state index is -0.192. The van der Waals surface area contributed by atoms with E-state index in [1.54, 1.807) is 0 Å². The SMILES string of the molecule is Cc1ccc(C(C)(C)CNC(=O)N2C[C@@H]3CC[C@]3(N)C2)nc1. The number of carbonyl (C=O) groups excluding carboxylic acids is 1. The maximum absolute atomic E-state index is 12.4. The van der Waals surface area contributed by atoms with E-state index in [0.717, 1.165) is 30.6 Å². The maximum Gasteiger partial charge on any atom is 0.317 e. The first-order chi connectivity index (χ1) is 10.3. The number of hydrogen-bond donors (Lipinski definition) is 2. The number of hydrogen-bond acceptors (Lipinski definition) is 3. The van der Waals surface area contributed by atoms with Gasteiger partial charge in [0.1, 0.15) is 0 Å². The summed E-state index contributed by atoms with van der Waals surface area (Å²) in [6, 6.07) is 4.09. The quantitative estimate of drug-likeness (QED) is 0.894. The fourth-order valence-corrected chi connectivity index (χ4v) is 3.41. The lowest BCUT2D eigenvalue weighted by Crippen LogP contribution is -2.55. The van der Waals surface area contributed by atoms with Crippen molar-refractivity contribution in [2.45, 2.75) is 44.6 Å². The van der Waals surface area contributed by atoms with Gasteiger partial charge in [0.05, 0.1) is 0 Å². The second-order valence-electron chi connectivity index (χ2n) is 7.61. The van der Waals surface area contributed by atoms with Gasteiger partial charge in [0, 0.05) is 42.5 Å². The molecule has 22 heavy (non-hydrogen) atoms. The molecule has 3 rings (SSSR count). The molecule has 1 aromatic rings. The first-order valence-electron chi connectivity index (χ1n) is 8.05. The number of pyridine rings is 1. The summed E-state index contributed by atoms with van der Waals surface area (Å²) in [6.07, 6.45) is 4.06. The van der Waals surface area contributed by atoms with E-state index in [2.05, 4.69) is 30.2 Å². The van der Waals surface area contributed by atoms with E-state index in [9.17, 15) is 4.79 Å². The molecule has 0 bridgehead atoms. The number of nitrogens with zero attached hydrogens (tertiary/aromatic N) is 2. The molecule has 5 nitrogen and oxygen atoms in total. The van der Waals surface area contributed by atoms with Crippen LogP contribution in [0.4, 0.5) is 4.79 Å². The van der Waals surface area contributed by atoms with Crippen molar-refractivity contribution < 1.29 is 4.79 Å². The highest BCUT2D eigenvalue weighted by molar-refractivity contribution is 5.75. The number of urea groups is 1. The number of likely N-dealkylation sites (tertiary alicyclic amines) is 1. The van der Waals surface area contributed by atoms with Crippen molar-refractivity contribution in [1.82, 2.24) is 15.2 Å². The molecule has 2 atom stereocenters. The van der Waals surface area contributed by atoms with Crippen LogP contribution in [-0.4, -0.2) is 41.1 Å². The summed E-state index contributed by atoms with van der Waals surface area (Å²) >= 11 is 0. The average Bonchev–Trinajstić information content (AvgIpc) is 2.70. The van der Waals surface area contributed by atoms with E-state index in [1.165, 1.54) is 0 Å². The molecule has 1 aliphatic carbocycles. The van der Waals surface area contributed by atoms with Crippen LogP contribution in [-0.2, 0) is 5.41 Å². The zero-order valence-electron chi connectivity index (χ0n) is 13.7. The third-order valence-corrected chi connectivity index (χ3v) is 5.27. The van der Waals surface area contributed by atoms with E-state index >= 15 is 0 Å². The number of aromatic nitrogens is 1. The molecule has 0 radical (unpaired) electrons. The normalized spacial score (nSPS) is 27.3. The Bertz CT molecular complexity index is 569. The highest BCUT2D eigenvalue weighted by atomic mass is 16.2. The molecule has 0 aromatic carbocycles. The molecule has 1 saturated heterocycles. The minimum Gasteiger partial charge on any atom is -0.337 e. The lowest BCUT2D eigenvalue weighted by Gasteiger charge is -2.39. The molecule has 2 aliphatic rings. The highest BCUT2D eigenvalue weighted by Crippen LogP contribution is 2.42. The van der Waals surface area contributed by atoms with Crippen LogP contribution < -0.4 is 11.1 Å². The lowest BCUT2D eigenvalue weighted by molar-refractivity contribution is 0.187. The number of carbonyl (C=O) groups is 1. The Morgan fingerprint density at radius 1 is 1.55 bits per heavy atom. The summed E-state index contributed by atoms with van der Waals surface area (Å²) < 4.78 is 0. The number of nitrogens with two attached hydrogens (primary N) is 1. The second kappa shape index (κ2) is 5.23. The van der Waals surface area contributed by atoms with Gasteiger partial charge in [-0.25, -0.2) is 4.79 Å². The molecule has 2 fully saturated rings. The number of nitrogens with one attached hydrogen (secondary N) is 1. The van der Waals surface area contributed by atoms with E-state index in [-0.39, 0.29) is 17.0 Å². The second-order valence-corrected chi connectivity index (χ2v) is 7.61. The van der Waals surface area contributed by atoms with Crippen molar-refractivity contribution in [3.8, 4) is 0 Å². The van der Waals surface area contributed by atoms with Crippen LogP contribution in [0.25, 0.3) is 0 Å². The molecule has 3 N–H and O–H groups in total. The molecular formula is C17H26N4O. The fraction of sp³-hybridized carbons (Fsp3) is 0.647. The number of amides is 2. The number of aryl methyl sites for hydroxylation is 1. The monoisotopic (exact) mass is 302 g/mol. The minimum absolute atomic E-state index is 0.000545. The molecule has 5 heteroatoms. The summed E-state index contributed by atoms with van der Waals surface area (Å²) in [7, 11) is 0. The van der Waals surface area contributed by atoms with E-state index < -0.39 is 0 Å². The topological polar surface area (TPSA) is 71.2 Å². The standard InChI is InChI=1S/C17H26N4O/c1-12-4-5-14(19-8-12)16(2,3)10-20-15(22)21-9-13-6-7-17(13,18)11-21/h4-5,8,13H,6-7,9-11,18H2,1-3H3,(H,20,22)/t13-,17-/m0/s1. The Hall–Kier alpha value is -1.62. The molecule has 1 aliphatic heterocycles. The van der Waals surface area contributed by atoms with Crippen molar-refractivity contribution >= 4 is 6.03 Å². The number of rotatable bonds is 3. The zero-order valence-corrected chi connectivity index (χ0v) is 13.7. The Balaban J connectivity index is 1.57. The lowest BCUT2D eigenvalue weighted by atomic mass is 9.70. The predicted molar refractivity (Wildman–Crippen MR) is 86.6 cm³/mol. The summed E-state index contributed by atoms with van der Waals surface area (Å²) in [5, 5.41) is 3.06. The third kappa shape index (κ3) is 2.70. The molecule has 2 heterocycles. The number of fused-ring (bicyclic) bond motifs is 1. The summed E-state index contributed by atoms with van der Waals surface area (Å²) in [6.45, 7) is 8.28. The average molecular weight is 302 g/mol. The maximum atomic E-state index is 12.4. The Labute approximate surface area is 132 Å². The van der Waals surface area contributed by atoms with Gasteiger partial charge in [-0.2, -0.15) is 0 Å². The van der Waals surface area contributed by atoms with Gasteiger partial charge in [-0.3, -0.25) is 4.98 Å². The van der Waals surface area contributed by atoms with E-state index in [4.69, 9.17) is 5.73 Å². The predicted octanol–water partition coefficient (Wildman–Crippen LogP) is 1.80. The van der Waals surface area contributed by atoms with Crippen molar-refractivity contribution in [2.75, 3.05) is 19.6 Å². The molecule has 1 aromatic heterocycles. The van der Waals surface area contributed by atoms with Crippen LogP contribution in [0.2, 0.25) is 0 Å².